The van der Waals surface area contributed by atoms with Crippen LogP contribution in [0.5, 0.6) is 0 Å². The number of nitrogens with zero attached hydrogens (tertiary/aromatic N) is 4. The van der Waals surface area contributed by atoms with Gasteiger partial charge in [0.2, 0.25) is 0 Å². The van der Waals surface area contributed by atoms with Crippen LogP contribution >= 0.6 is 0 Å². The fourth-order valence-electron chi connectivity index (χ4n) is 6.47. The van der Waals surface area contributed by atoms with Gasteiger partial charge < -0.3 is 0 Å². The Morgan fingerprint density at radius 1 is 0.341 bits per heavy atom. The number of hydrogen-bond donors (Lipinski definition) is 0. The lowest BCUT2D eigenvalue weighted by Crippen LogP contribution is -2.00. The van der Waals surface area contributed by atoms with Gasteiger partial charge in [0, 0.05) is 33.8 Å². The highest BCUT2D eigenvalue weighted by molar-refractivity contribution is 6.27. The molecule has 2 heterocycles. The van der Waals surface area contributed by atoms with Gasteiger partial charge in [-0.05, 0) is 49.8 Å². The predicted molar refractivity (Wildman–Crippen MR) is 181 cm³/mol. The van der Waals surface area contributed by atoms with Gasteiger partial charge in [0.1, 0.15) is 0 Å². The largest absolute Gasteiger partial charge is 0.256 e. The van der Waals surface area contributed by atoms with Crippen molar-refractivity contribution in [2.45, 2.75) is 0 Å². The Bertz CT molecular complexity index is 2420. The Hall–Kier alpha value is -6.00. The minimum absolute atomic E-state index is 0.657. The minimum Gasteiger partial charge on any atom is -0.256 e. The maximum absolute atomic E-state index is 5.05. The van der Waals surface area contributed by atoms with Gasteiger partial charge in [0.15, 0.2) is 17.5 Å². The number of hydrogen-bond acceptors (Lipinski definition) is 4. The van der Waals surface area contributed by atoms with Gasteiger partial charge in [-0.25, -0.2) is 15.0 Å². The second-order valence-electron chi connectivity index (χ2n) is 11.1. The van der Waals surface area contributed by atoms with Crippen LogP contribution in [0.15, 0.2) is 146 Å². The summed E-state index contributed by atoms with van der Waals surface area (Å²) in [6, 6.07) is 48.4. The van der Waals surface area contributed by atoms with E-state index in [-0.39, 0.29) is 0 Å². The molecule has 0 fully saturated rings. The third kappa shape index (κ3) is 3.85. The summed E-state index contributed by atoms with van der Waals surface area (Å²) >= 11 is 0. The average molecular weight is 561 g/mol. The number of fused-ring (bicyclic) bond motifs is 1. The van der Waals surface area contributed by atoms with Crippen molar-refractivity contribution in [3.8, 4) is 45.4 Å². The van der Waals surface area contributed by atoms with Gasteiger partial charge in [-0.1, -0.05) is 127 Å². The van der Waals surface area contributed by atoms with E-state index < -0.39 is 0 Å². The van der Waals surface area contributed by atoms with E-state index in [1.54, 1.807) is 0 Å². The van der Waals surface area contributed by atoms with E-state index in [9.17, 15) is 0 Å². The molecular formula is C40H24N4. The molecular weight excluding hydrogens is 536 g/mol. The molecule has 0 saturated carbocycles. The molecule has 0 saturated heterocycles. The van der Waals surface area contributed by atoms with Crippen molar-refractivity contribution in [2.24, 2.45) is 0 Å². The monoisotopic (exact) mass is 560 g/mol. The molecule has 2 aromatic heterocycles. The van der Waals surface area contributed by atoms with Gasteiger partial charge in [-0.2, -0.15) is 0 Å². The van der Waals surface area contributed by atoms with Crippen LogP contribution < -0.4 is 0 Å². The molecule has 4 nitrogen and oxygen atoms in total. The topological polar surface area (TPSA) is 51.6 Å². The van der Waals surface area contributed by atoms with E-state index in [0.29, 0.717) is 17.5 Å². The van der Waals surface area contributed by atoms with Crippen LogP contribution in [0, 0.1) is 0 Å². The molecule has 0 bridgehead atoms. The maximum atomic E-state index is 5.05. The van der Waals surface area contributed by atoms with Crippen LogP contribution in [0.3, 0.4) is 0 Å². The van der Waals surface area contributed by atoms with Gasteiger partial charge in [0.05, 0.1) is 5.69 Å². The van der Waals surface area contributed by atoms with Crippen molar-refractivity contribution in [1.29, 1.82) is 0 Å². The minimum atomic E-state index is 0.657. The van der Waals surface area contributed by atoms with Crippen LogP contribution in [0.2, 0.25) is 0 Å². The molecule has 44 heavy (non-hydrogen) atoms. The average Bonchev–Trinajstić information content (AvgIpc) is 3.11. The number of rotatable bonds is 4. The molecule has 0 aliphatic carbocycles. The Labute approximate surface area is 253 Å². The third-order valence-electron chi connectivity index (χ3n) is 8.53. The normalized spacial score (nSPS) is 11.6. The molecule has 0 N–H and O–H groups in total. The summed E-state index contributed by atoms with van der Waals surface area (Å²) in [5.74, 6) is 1.97. The SMILES string of the molecule is c1ccc(-c2nc(-c3ccccc3)nc(-c3ccc4ccc5c(-c6nccc7ccccc67)ccc6ccc3c4c65)n2)cc1. The summed E-state index contributed by atoms with van der Waals surface area (Å²) in [6.07, 6.45) is 1.91. The van der Waals surface area contributed by atoms with E-state index >= 15 is 0 Å². The van der Waals surface area contributed by atoms with Crippen molar-refractivity contribution >= 4 is 43.1 Å². The first-order chi connectivity index (χ1) is 21.8. The number of aromatic nitrogens is 4. The van der Waals surface area contributed by atoms with E-state index in [1.165, 1.54) is 32.3 Å². The molecule has 0 unspecified atom stereocenters. The lowest BCUT2D eigenvalue weighted by atomic mass is 9.88. The summed E-state index contributed by atoms with van der Waals surface area (Å²) in [7, 11) is 0. The van der Waals surface area contributed by atoms with Crippen LogP contribution in [-0.2, 0) is 0 Å². The first kappa shape index (κ1) is 24.6. The van der Waals surface area contributed by atoms with Crippen LogP contribution in [0.25, 0.3) is 88.5 Å². The first-order valence-electron chi connectivity index (χ1n) is 14.7. The van der Waals surface area contributed by atoms with Crippen LogP contribution in [0.1, 0.15) is 0 Å². The van der Waals surface area contributed by atoms with Crippen LogP contribution in [-0.4, -0.2) is 19.9 Å². The zero-order chi connectivity index (χ0) is 29.0. The van der Waals surface area contributed by atoms with Crippen molar-refractivity contribution in [1.82, 2.24) is 19.9 Å². The predicted octanol–water partition coefficient (Wildman–Crippen LogP) is 9.99. The van der Waals surface area contributed by atoms with Crippen molar-refractivity contribution in [3.63, 3.8) is 0 Å². The van der Waals surface area contributed by atoms with Gasteiger partial charge in [-0.15, -0.1) is 0 Å². The molecule has 0 aliphatic heterocycles. The van der Waals surface area contributed by atoms with E-state index in [4.69, 9.17) is 19.9 Å². The Morgan fingerprint density at radius 3 is 1.52 bits per heavy atom. The quantitative estimate of drug-likeness (QED) is 0.201. The Kier molecular flexibility index (Phi) is 5.47. The molecule has 4 heteroatoms. The highest BCUT2D eigenvalue weighted by Crippen LogP contribution is 2.42. The standard InChI is InChI=1S/C40H24N4/c1-3-10-28(11-4-1)38-42-39(29-12-5-2-6-13-29)44-40(43-38)34-22-18-27-15-19-31-33(21-17-26-16-20-32(34)36(27)35(26)31)37-30-14-8-7-9-25(30)23-24-41-37/h1-24H. The summed E-state index contributed by atoms with van der Waals surface area (Å²) in [5, 5.41) is 9.47. The van der Waals surface area contributed by atoms with Crippen molar-refractivity contribution in [3.05, 3.63) is 146 Å². The van der Waals surface area contributed by atoms with E-state index in [2.05, 4.69) is 78.9 Å². The molecule has 204 valence electrons. The highest BCUT2D eigenvalue weighted by Gasteiger charge is 2.19. The van der Waals surface area contributed by atoms with E-state index in [1.807, 2.05) is 66.9 Å². The molecule has 0 spiro atoms. The summed E-state index contributed by atoms with van der Waals surface area (Å²) in [5.41, 5.74) is 5.03. The first-order valence-corrected chi connectivity index (χ1v) is 14.7. The van der Waals surface area contributed by atoms with Crippen molar-refractivity contribution < 1.29 is 0 Å². The highest BCUT2D eigenvalue weighted by atomic mass is 15.0. The number of benzene rings is 7. The fourth-order valence-corrected chi connectivity index (χ4v) is 6.47. The second-order valence-corrected chi connectivity index (χ2v) is 11.1. The van der Waals surface area contributed by atoms with Crippen molar-refractivity contribution in [2.75, 3.05) is 0 Å². The molecule has 7 aromatic carbocycles. The zero-order valence-corrected chi connectivity index (χ0v) is 23.6. The lowest BCUT2D eigenvalue weighted by Gasteiger charge is -2.17. The van der Waals surface area contributed by atoms with Crippen LogP contribution in [0.4, 0.5) is 0 Å². The Balaban J connectivity index is 1.32. The van der Waals surface area contributed by atoms with Gasteiger partial charge in [-0.3, -0.25) is 4.98 Å². The van der Waals surface area contributed by atoms with E-state index in [0.717, 1.165) is 38.7 Å². The van der Waals surface area contributed by atoms with Gasteiger partial charge in [0.25, 0.3) is 0 Å². The molecule has 9 rings (SSSR count). The Morgan fingerprint density at radius 2 is 0.864 bits per heavy atom. The molecule has 0 radical (unpaired) electrons. The fraction of sp³-hybridized carbons (Fsp3) is 0. The maximum Gasteiger partial charge on any atom is 0.164 e. The second kappa shape index (κ2) is 9.79. The number of pyridine rings is 1. The zero-order valence-electron chi connectivity index (χ0n) is 23.6. The molecule has 0 amide bonds. The summed E-state index contributed by atoms with van der Waals surface area (Å²) in [6.45, 7) is 0. The van der Waals surface area contributed by atoms with Gasteiger partial charge >= 0.3 is 0 Å². The molecule has 9 aromatic rings. The third-order valence-corrected chi connectivity index (χ3v) is 8.53. The summed E-state index contributed by atoms with van der Waals surface area (Å²) in [4.78, 5) is 19.9. The smallest absolute Gasteiger partial charge is 0.164 e. The lowest BCUT2D eigenvalue weighted by molar-refractivity contribution is 1.08. The molecule has 0 atom stereocenters. The molecule has 0 aliphatic rings. The summed E-state index contributed by atoms with van der Waals surface area (Å²) < 4.78 is 0.